The van der Waals surface area contributed by atoms with Gasteiger partial charge < -0.3 is 5.11 Å². The fourth-order valence-corrected chi connectivity index (χ4v) is 1.66. The van der Waals surface area contributed by atoms with Gasteiger partial charge in [-0.05, 0) is 0 Å². The summed E-state index contributed by atoms with van der Waals surface area (Å²) < 4.78 is 76.0. The number of carboxylic acid groups (broad SMARTS) is 1. The predicted molar refractivity (Wildman–Crippen MR) is 60.5 cm³/mol. The van der Waals surface area contributed by atoms with Crippen LogP contribution >= 0.6 is 0 Å². The maximum Gasteiger partial charge on any atom is 0.451 e. The third-order valence-corrected chi connectivity index (χ3v) is 2.56. The molecule has 0 amide bonds. The summed E-state index contributed by atoms with van der Waals surface area (Å²) in [6.07, 6.45) is -8.64. The smallest absolute Gasteiger partial charge is 0.451 e. The van der Waals surface area contributed by atoms with E-state index < -0.39 is 41.8 Å². The first-order valence-corrected chi connectivity index (χ1v) is 5.75. The molecule has 6 nitrogen and oxygen atoms in total. The molecule has 2 heterocycles. The van der Waals surface area contributed by atoms with Crippen LogP contribution in [0.4, 0.5) is 26.3 Å². The van der Waals surface area contributed by atoms with E-state index >= 15 is 0 Å². The SMILES string of the molecule is O=C(O)Cc1cn(-c2cnc(C(F)(F)F)nc2)nc1C(F)(F)F. The highest BCUT2D eigenvalue weighted by Crippen LogP contribution is 2.32. The van der Waals surface area contributed by atoms with E-state index in [1.165, 1.54) is 0 Å². The van der Waals surface area contributed by atoms with Gasteiger partial charge in [-0.25, -0.2) is 14.6 Å². The van der Waals surface area contributed by atoms with Crippen LogP contribution < -0.4 is 0 Å². The Hall–Kier alpha value is -2.66. The molecule has 0 aliphatic heterocycles. The maximum atomic E-state index is 12.8. The lowest BCUT2D eigenvalue weighted by molar-refractivity contribution is -0.145. The van der Waals surface area contributed by atoms with Crippen molar-refractivity contribution >= 4 is 5.97 Å². The topological polar surface area (TPSA) is 80.9 Å². The molecule has 0 saturated heterocycles. The minimum atomic E-state index is -4.91. The summed E-state index contributed by atoms with van der Waals surface area (Å²) in [5.74, 6) is -2.98. The highest BCUT2D eigenvalue weighted by Gasteiger charge is 2.38. The van der Waals surface area contributed by atoms with Gasteiger partial charge in [0, 0.05) is 11.8 Å². The molecule has 0 bridgehead atoms. The number of aliphatic carboxylic acids is 1. The van der Waals surface area contributed by atoms with Crippen LogP contribution in [0, 0.1) is 0 Å². The zero-order valence-corrected chi connectivity index (χ0v) is 10.9. The number of hydrogen-bond acceptors (Lipinski definition) is 4. The minimum Gasteiger partial charge on any atom is -0.481 e. The second-order valence-corrected chi connectivity index (χ2v) is 4.28. The minimum absolute atomic E-state index is 0.278. The lowest BCUT2D eigenvalue weighted by Crippen LogP contribution is -2.12. The monoisotopic (exact) mass is 340 g/mol. The largest absolute Gasteiger partial charge is 0.481 e. The van der Waals surface area contributed by atoms with Crippen molar-refractivity contribution in [3.8, 4) is 5.69 Å². The Kier molecular flexibility index (Phi) is 4.01. The lowest BCUT2D eigenvalue weighted by Gasteiger charge is -2.05. The molecule has 1 N–H and O–H groups in total. The van der Waals surface area contributed by atoms with E-state index in [0.717, 1.165) is 6.20 Å². The second-order valence-electron chi connectivity index (χ2n) is 4.28. The number of aromatic nitrogens is 4. The van der Waals surface area contributed by atoms with Crippen LogP contribution in [-0.2, 0) is 23.6 Å². The summed E-state index contributed by atoms with van der Waals surface area (Å²) in [5.41, 5.74) is -2.36. The van der Waals surface area contributed by atoms with Crippen molar-refractivity contribution < 1.29 is 36.2 Å². The molecule has 2 aromatic rings. The molecule has 12 heteroatoms. The molecule has 2 aromatic heterocycles. The Bertz CT molecular complexity index is 720. The Morgan fingerprint density at radius 3 is 2.09 bits per heavy atom. The zero-order chi connectivity index (χ0) is 17.4. The standard InChI is InChI=1S/C11H6F6N4O2/c12-10(13,14)8-5(1-7(22)23)4-21(20-8)6-2-18-9(19-3-6)11(15,16)17/h2-4H,1H2,(H,22,23). The fourth-order valence-electron chi connectivity index (χ4n) is 1.66. The van der Waals surface area contributed by atoms with E-state index in [2.05, 4.69) is 15.1 Å². The Balaban J connectivity index is 2.44. The number of rotatable bonds is 3. The fraction of sp³-hybridized carbons (Fsp3) is 0.273. The highest BCUT2D eigenvalue weighted by atomic mass is 19.4. The first-order valence-electron chi connectivity index (χ1n) is 5.75. The molecule has 0 atom stereocenters. The van der Waals surface area contributed by atoms with Gasteiger partial charge in [-0.3, -0.25) is 4.79 Å². The van der Waals surface area contributed by atoms with Gasteiger partial charge in [-0.15, -0.1) is 0 Å². The number of halogens is 6. The first-order chi connectivity index (χ1) is 10.5. The Morgan fingerprint density at radius 2 is 1.65 bits per heavy atom. The molecule has 124 valence electrons. The molecule has 23 heavy (non-hydrogen) atoms. The molecule has 0 aliphatic rings. The van der Waals surface area contributed by atoms with Gasteiger partial charge in [0.15, 0.2) is 5.69 Å². The molecule has 0 fully saturated rings. The molecule has 0 saturated carbocycles. The van der Waals surface area contributed by atoms with Gasteiger partial charge in [0.25, 0.3) is 0 Å². The van der Waals surface area contributed by atoms with Crippen molar-refractivity contribution in [1.82, 2.24) is 19.7 Å². The molecule has 2 rings (SSSR count). The van der Waals surface area contributed by atoms with Crippen LogP contribution in [0.2, 0.25) is 0 Å². The molecule has 0 aliphatic carbocycles. The van der Waals surface area contributed by atoms with Gasteiger partial charge >= 0.3 is 18.3 Å². The maximum absolute atomic E-state index is 12.8. The summed E-state index contributed by atoms with van der Waals surface area (Å²) >= 11 is 0. The lowest BCUT2D eigenvalue weighted by atomic mass is 10.2. The van der Waals surface area contributed by atoms with Gasteiger partial charge in [-0.2, -0.15) is 31.4 Å². The molecule has 0 radical (unpaired) electrons. The van der Waals surface area contributed by atoms with E-state index in [9.17, 15) is 31.1 Å². The van der Waals surface area contributed by atoms with Gasteiger partial charge in [0.2, 0.25) is 5.82 Å². The first kappa shape index (κ1) is 16.7. The number of carbonyl (C=O) groups is 1. The Labute approximate surface area is 123 Å². The van der Waals surface area contributed by atoms with Crippen LogP contribution in [0.5, 0.6) is 0 Å². The normalized spacial score (nSPS) is 12.4. The Morgan fingerprint density at radius 1 is 1.09 bits per heavy atom. The summed E-state index contributed by atoms with van der Waals surface area (Å²) in [5, 5.41) is 11.8. The molecule has 0 unspecified atom stereocenters. The van der Waals surface area contributed by atoms with Crippen LogP contribution in [-0.4, -0.2) is 30.8 Å². The van der Waals surface area contributed by atoms with Crippen LogP contribution in [0.3, 0.4) is 0 Å². The van der Waals surface area contributed by atoms with Gasteiger partial charge in [-0.1, -0.05) is 0 Å². The number of alkyl halides is 6. The quantitative estimate of drug-likeness (QED) is 0.868. The second kappa shape index (κ2) is 5.52. The molecular weight excluding hydrogens is 334 g/mol. The van der Waals surface area contributed by atoms with E-state index in [4.69, 9.17) is 5.11 Å². The van der Waals surface area contributed by atoms with Crippen LogP contribution in [0.15, 0.2) is 18.6 Å². The van der Waals surface area contributed by atoms with Crippen molar-refractivity contribution in [2.24, 2.45) is 0 Å². The van der Waals surface area contributed by atoms with Crippen LogP contribution in [0.1, 0.15) is 17.1 Å². The third kappa shape index (κ3) is 3.76. The van der Waals surface area contributed by atoms with Crippen molar-refractivity contribution in [3.63, 3.8) is 0 Å². The third-order valence-electron chi connectivity index (χ3n) is 2.56. The average Bonchev–Trinajstić information content (AvgIpc) is 2.81. The molecule has 0 aromatic carbocycles. The van der Waals surface area contributed by atoms with E-state index in [-0.39, 0.29) is 5.69 Å². The number of nitrogens with zero attached hydrogens (tertiary/aromatic N) is 4. The number of carboxylic acids is 1. The van der Waals surface area contributed by atoms with E-state index in [1.807, 2.05) is 0 Å². The number of hydrogen-bond donors (Lipinski definition) is 1. The summed E-state index contributed by atoms with van der Waals surface area (Å²) in [7, 11) is 0. The summed E-state index contributed by atoms with van der Waals surface area (Å²) in [4.78, 5) is 16.6. The van der Waals surface area contributed by atoms with Crippen molar-refractivity contribution in [2.45, 2.75) is 18.8 Å². The summed E-state index contributed by atoms with van der Waals surface area (Å²) in [6, 6.07) is 0. The van der Waals surface area contributed by atoms with Gasteiger partial charge in [0.05, 0.1) is 18.8 Å². The molecule has 0 spiro atoms. The van der Waals surface area contributed by atoms with Crippen molar-refractivity contribution in [2.75, 3.05) is 0 Å². The highest BCUT2D eigenvalue weighted by molar-refractivity contribution is 5.70. The predicted octanol–water partition coefficient (Wildman–Crippen LogP) is 2.33. The summed E-state index contributed by atoms with van der Waals surface area (Å²) in [6.45, 7) is 0. The molecular formula is C11H6F6N4O2. The average molecular weight is 340 g/mol. The van der Waals surface area contributed by atoms with E-state index in [1.54, 1.807) is 0 Å². The van der Waals surface area contributed by atoms with Crippen molar-refractivity contribution in [1.29, 1.82) is 0 Å². The van der Waals surface area contributed by atoms with Gasteiger partial charge in [0.1, 0.15) is 5.69 Å². The van der Waals surface area contributed by atoms with Crippen molar-refractivity contribution in [3.05, 3.63) is 35.7 Å². The van der Waals surface area contributed by atoms with E-state index in [0.29, 0.717) is 17.1 Å². The zero-order valence-electron chi connectivity index (χ0n) is 10.9. The van der Waals surface area contributed by atoms with Crippen LogP contribution in [0.25, 0.3) is 5.69 Å².